The van der Waals surface area contributed by atoms with E-state index in [0.29, 0.717) is 11.1 Å². The van der Waals surface area contributed by atoms with Crippen LogP contribution in [-0.2, 0) is 0 Å². The number of hydrogen-bond acceptors (Lipinski definition) is 2. The predicted octanol–water partition coefficient (Wildman–Crippen LogP) is 3.51. The quantitative estimate of drug-likeness (QED) is 0.754. The summed E-state index contributed by atoms with van der Waals surface area (Å²) in [5.41, 5.74) is 0.844. The molecule has 2 nitrogen and oxygen atoms in total. The van der Waals surface area contributed by atoms with Gasteiger partial charge in [0.25, 0.3) is 6.08 Å². The minimum Gasteiger partial charge on any atom is -0.300 e. The van der Waals surface area contributed by atoms with Gasteiger partial charge < -0.3 is 5.41 Å². The molecule has 1 aromatic carbocycles. The van der Waals surface area contributed by atoms with Crippen molar-refractivity contribution in [3.05, 3.63) is 53.7 Å². The van der Waals surface area contributed by atoms with Crippen LogP contribution >= 0.6 is 0 Å². The molecule has 0 aliphatic rings. The summed E-state index contributed by atoms with van der Waals surface area (Å²) >= 11 is 0. The summed E-state index contributed by atoms with van der Waals surface area (Å²) in [5.74, 6) is 0. The lowest BCUT2D eigenvalue weighted by atomic mass is 10.0. The molecule has 0 atom stereocenters. The van der Waals surface area contributed by atoms with Gasteiger partial charge in [-0.2, -0.15) is 8.78 Å². The maximum atomic E-state index is 12.2. The molecule has 0 heterocycles. The zero-order chi connectivity index (χ0) is 12.0. The van der Waals surface area contributed by atoms with Crippen molar-refractivity contribution in [1.82, 2.24) is 0 Å². The molecule has 0 aliphatic carbocycles. The molecule has 0 saturated carbocycles. The van der Waals surface area contributed by atoms with E-state index in [9.17, 15) is 8.78 Å². The molecule has 82 valence electrons. The fraction of sp³-hybridized carbons (Fsp3) is 0. The summed E-state index contributed by atoms with van der Waals surface area (Å²) in [6.45, 7) is 3.23. The molecule has 0 radical (unpaired) electrons. The molecule has 16 heavy (non-hydrogen) atoms. The van der Waals surface area contributed by atoms with Gasteiger partial charge in [0.05, 0.1) is 5.71 Å². The van der Waals surface area contributed by atoms with Crippen LogP contribution < -0.4 is 0 Å². The van der Waals surface area contributed by atoms with Crippen molar-refractivity contribution in [2.75, 3.05) is 0 Å². The molecule has 0 aliphatic heterocycles. The molecule has 1 N–H and O–H groups in total. The first kappa shape index (κ1) is 12.0. The summed E-state index contributed by atoms with van der Waals surface area (Å²) in [5, 5.41) is 7.67. The first-order chi connectivity index (χ1) is 7.65. The summed E-state index contributed by atoms with van der Waals surface area (Å²) in [7, 11) is 0. The van der Waals surface area contributed by atoms with Crippen molar-refractivity contribution < 1.29 is 8.78 Å². The average Bonchev–Trinajstić information content (AvgIpc) is 2.26. The van der Waals surface area contributed by atoms with Crippen LogP contribution in [0.1, 0.15) is 11.1 Å². The second kappa shape index (κ2) is 5.70. The second-order valence-electron chi connectivity index (χ2n) is 2.93. The maximum Gasteiger partial charge on any atom is 0.270 e. The molecule has 0 amide bonds. The van der Waals surface area contributed by atoms with E-state index in [0.717, 1.165) is 6.08 Å². The molecule has 0 aromatic heterocycles. The Bertz CT molecular complexity index is 458. The zero-order valence-corrected chi connectivity index (χ0v) is 8.45. The van der Waals surface area contributed by atoms with E-state index in [1.807, 2.05) is 0 Å². The molecule has 0 unspecified atom stereocenters. The first-order valence-electron chi connectivity index (χ1n) is 4.48. The Labute approximate surface area is 92.2 Å². The van der Waals surface area contributed by atoms with Crippen molar-refractivity contribution in [1.29, 1.82) is 5.41 Å². The number of hydrogen-bond donors (Lipinski definition) is 1. The van der Waals surface area contributed by atoms with E-state index in [2.05, 4.69) is 11.7 Å². The Kier molecular flexibility index (Phi) is 4.27. The first-order valence-corrected chi connectivity index (χ1v) is 4.48. The topological polar surface area (TPSA) is 36.2 Å². The van der Waals surface area contributed by atoms with Gasteiger partial charge in [0.2, 0.25) is 0 Å². The van der Waals surface area contributed by atoms with Gasteiger partial charge >= 0.3 is 0 Å². The van der Waals surface area contributed by atoms with Gasteiger partial charge in [-0.15, -0.1) is 0 Å². The van der Waals surface area contributed by atoms with Crippen LogP contribution in [0.3, 0.4) is 0 Å². The third kappa shape index (κ3) is 3.24. The Morgan fingerprint density at radius 1 is 1.31 bits per heavy atom. The third-order valence-electron chi connectivity index (χ3n) is 1.86. The van der Waals surface area contributed by atoms with Crippen molar-refractivity contribution in [2.24, 2.45) is 4.99 Å². The Morgan fingerprint density at radius 2 is 2.00 bits per heavy atom. The van der Waals surface area contributed by atoms with Gasteiger partial charge in [0.15, 0.2) is 0 Å². The molecule has 0 saturated heterocycles. The lowest BCUT2D eigenvalue weighted by Crippen LogP contribution is -1.97. The number of aliphatic imine (C=N–C) groups is 1. The Hall–Kier alpha value is -2.10. The van der Waals surface area contributed by atoms with Gasteiger partial charge in [-0.25, -0.2) is 0 Å². The van der Waals surface area contributed by atoms with Crippen LogP contribution in [0.4, 0.5) is 8.78 Å². The number of nitrogens with zero attached hydrogens (tertiary/aromatic N) is 1. The highest BCUT2D eigenvalue weighted by Crippen LogP contribution is 2.15. The summed E-state index contributed by atoms with van der Waals surface area (Å²) in [6.07, 6.45) is 1.69. The van der Waals surface area contributed by atoms with Gasteiger partial charge in [-0.1, -0.05) is 24.3 Å². The predicted molar refractivity (Wildman–Crippen MR) is 62.2 cm³/mol. The Balaban J connectivity index is 3.13. The van der Waals surface area contributed by atoms with Crippen molar-refractivity contribution in [2.45, 2.75) is 0 Å². The molecular weight excluding hydrogens is 210 g/mol. The van der Waals surface area contributed by atoms with E-state index in [-0.39, 0.29) is 5.71 Å². The van der Waals surface area contributed by atoms with E-state index < -0.39 is 6.08 Å². The number of nitrogens with one attached hydrogen (secondary N) is 1. The van der Waals surface area contributed by atoms with Crippen LogP contribution in [-0.4, -0.2) is 12.4 Å². The van der Waals surface area contributed by atoms with Crippen molar-refractivity contribution in [3.8, 4) is 0 Å². The number of rotatable bonds is 4. The van der Waals surface area contributed by atoms with E-state index in [1.54, 1.807) is 18.2 Å². The van der Waals surface area contributed by atoms with Crippen LogP contribution in [0.5, 0.6) is 0 Å². The van der Waals surface area contributed by atoms with Crippen molar-refractivity contribution >= 4 is 18.5 Å². The highest BCUT2D eigenvalue weighted by molar-refractivity contribution is 6.08. The van der Waals surface area contributed by atoms with Crippen LogP contribution in [0.25, 0.3) is 6.08 Å². The number of allylic oxidation sites excluding steroid dienone is 1. The highest BCUT2D eigenvalue weighted by Gasteiger charge is 2.04. The maximum absolute atomic E-state index is 12.2. The normalized spacial score (nSPS) is 10.1. The summed E-state index contributed by atoms with van der Waals surface area (Å²) < 4.78 is 24.3. The molecule has 0 spiro atoms. The standard InChI is InChI=1S/C12H10F2N2/c1-16-7-6-11(15)10-5-3-2-4-9(10)8-12(13)14/h2-8,15H,1H2. The van der Waals surface area contributed by atoms with E-state index in [1.165, 1.54) is 18.3 Å². The molecule has 1 rings (SSSR count). The van der Waals surface area contributed by atoms with E-state index in [4.69, 9.17) is 5.41 Å². The summed E-state index contributed by atoms with van der Waals surface area (Å²) in [4.78, 5) is 3.46. The average molecular weight is 220 g/mol. The van der Waals surface area contributed by atoms with Gasteiger partial charge in [0.1, 0.15) is 0 Å². The molecule has 4 heteroatoms. The minimum atomic E-state index is -1.79. The van der Waals surface area contributed by atoms with Crippen molar-refractivity contribution in [3.63, 3.8) is 0 Å². The van der Waals surface area contributed by atoms with Crippen LogP contribution in [0.2, 0.25) is 0 Å². The van der Waals surface area contributed by atoms with Crippen LogP contribution in [0.15, 0.2) is 47.6 Å². The van der Waals surface area contributed by atoms with Gasteiger partial charge in [-0.3, -0.25) is 4.99 Å². The Morgan fingerprint density at radius 3 is 2.62 bits per heavy atom. The number of benzene rings is 1. The van der Waals surface area contributed by atoms with Gasteiger partial charge in [-0.05, 0) is 18.4 Å². The lowest BCUT2D eigenvalue weighted by Gasteiger charge is -2.03. The van der Waals surface area contributed by atoms with E-state index >= 15 is 0 Å². The second-order valence-corrected chi connectivity index (χ2v) is 2.93. The monoisotopic (exact) mass is 220 g/mol. The number of halogens is 2. The zero-order valence-electron chi connectivity index (χ0n) is 8.45. The minimum absolute atomic E-state index is 0.112. The van der Waals surface area contributed by atoms with Gasteiger partial charge in [0, 0.05) is 17.8 Å². The fourth-order valence-corrected chi connectivity index (χ4v) is 1.20. The molecule has 0 fully saturated rings. The summed E-state index contributed by atoms with van der Waals surface area (Å²) in [6, 6.07) is 6.45. The fourth-order valence-electron chi connectivity index (χ4n) is 1.20. The smallest absolute Gasteiger partial charge is 0.270 e. The largest absolute Gasteiger partial charge is 0.300 e. The lowest BCUT2D eigenvalue weighted by molar-refractivity contribution is 0.429. The molecule has 0 bridgehead atoms. The third-order valence-corrected chi connectivity index (χ3v) is 1.86. The molecule has 1 aromatic rings. The highest BCUT2D eigenvalue weighted by atomic mass is 19.3. The SMILES string of the molecule is C=NC=CC(=N)c1ccccc1C=C(F)F. The van der Waals surface area contributed by atoms with Crippen LogP contribution in [0, 0.1) is 5.41 Å². The molecular formula is C12H10F2N2.